The van der Waals surface area contributed by atoms with Gasteiger partial charge in [-0.2, -0.15) is 0 Å². The number of fused-ring (bicyclic) bond motifs is 1. The Kier molecular flexibility index (Phi) is 6.30. The number of imide groups is 1. The topological polar surface area (TPSA) is 91.0 Å². The summed E-state index contributed by atoms with van der Waals surface area (Å²) in [7, 11) is 0. The lowest BCUT2D eigenvalue weighted by molar-refractivity contribution is -0.139. The van der Waals surface area contributed by atoms with Crippen molar-refractivity contribution in [1.82, 2.24) is 15.5 Å². The molecule has 1 aromatic carbocycles. The van der Waals surface area contributed by atoms with Gasteiger partial charge in [-0.15, -0.1) is 0 Å². The number of nitrogens with zero attached hydrogens (tertiary/aromatic N) is 2. The molecule has 0 spiro atoms. The van der Waals surface area contributed by atoms with E-state index in [1.807, 2.05) is 43.9 Å². The molecule has 2 heterocycles. The van der Waals surface area contributed by atoms with Crippen LogP contribution in [0.2, 0.25) is 0 Å². The number of para-hydroxylation sites is 2. The van der Waals surface area contributed by atoms with Crippen LogP contribution >= 0.6 is 0 Å². The molecule has 0 unspecified atom stereocenters. The van der Waals surface area contributed by atoms with Crippen LogP contribution in [0.25, 0.3) is 0 Å². The van der Waals surface area contributed by atoms with E-state index in [0.29, 0.717) is 5.75 Å². The second-order valence-corrected chi connectivity index (χ2v) is 8.59. The molecule has 0 bridgehead atoms. The monoisotopic (exact) mass is 402 g/mol. The summed E-state index contributed by atoms with van der Waals surface area (Å²) in [4.78, 5) is 41.0. The number of hydrogen-bond acceptors (Lipinski definition) is 5. The van der Waals surface area contributed by atoms with Crippen molar-refractivity contribution in [2.45, 2.75) is 51.7 Å². The van der Waals surface area contributed by atoms with Crippen LogP contribution in [0.4, 0.5) is 10.5 Å². The number of ether oxygens (including phenoxy) is 1. The highest BCUT2D eigenvalue weighted by Gasteiger charge is 2.34. The molecule has 8 nitrogen and oxygen atoms in total. The van der Waals surface area contributed by atoms with Gasteiger partial charge in [0.2, 0.25) is 5.91 Å². The third-order valence-electron chi connectivity index (χ3n) is 4.88. The van der Waals surface area contributed by atoms with E-state index in [0.717, 1.165) is 38.0 Å². The number of urea groups is 1. The summed E-state index contributed by atoms with van der Waals surface area (Å²) in [6.07, 6.45) is 2.48. The standard InChI is InChI=1S/C21H30N4O4/c1-21(2,3)23-20(28)22-18(26)14-25-13-17(19(27)24-11-7-4-8-12-24)29-16-10-6-5-9-15(16)25/h5-6,9-10,17H,4,7-8,11-14H2,1-3H3,(H2,22,23,26,28)/t17-/m0/s1. The maximum atomic E-state index is 12.9. The lowest BCUT2D eigenvalue weighted by Crippen LogP contribution is -2.54. The van der Waals surface area contributed by atoms with Crippen LogP contribution in [0.3, 0.4) is 0 Å². The maximum Gasteiger partial charge on any atom is 0.321 e. The highest BCUT2D eigenvalue weighted by Crippen LogP contribution is 2.33. The molecule has 1 fully saturated rings. The molecule has 1 saturated heterocycles. The molecule has 4 amide bonds. The summed E-state index contributed by atoms with van der Waals surface area (Å²) in [5.41, 5.74) is 0.295. The number of carbonyl (C=O) groups excluding carboxylic acids is 3. The summed E-state index contributed by atoms with van der Waals surface area (Å²) < 4.78 is 5.96. The van der Waals surface area contributed by atoms with Gasteiger partial charge in [-0.25, -0.2) is 4.79 Å². The van der Waals surface area contributed by atoms with Crippen molar-refractivity contribution in [2.24, 2.45) is 0 Å². The first-order valence-corrected chi connectivity index (χ1v) is 10.1. The van der Waals surface area contributed by atoms with Crippen molar-refractivity contribution in [2.75, 3.05) is 31.1 Å². The summed E-state index contributed by atoms with van der Waals surface area (Å²) in [6.45, 7) is 7.23. The SMILES string of the molecule is CC(C)(C)NC(=O)NC(=O)CN1C[C@@H](C(=O)N2CCCCC2)Oc2ccccc21. The van der Waals surface area contributed by atoms with Crippen LogP contribution < -0.4 is 20.3 Å². The Hall–Kier alpha value is -2.77. The van der Waals surface area contributed by atoms with E-state index < -0.39 is 23.6 Å². The highest BCUT2D eigenvalue weighted by atomic mass is 16.5. The predicted octanol–water partition coefficient (Wildman–Crippen LogP) is 1.89. The van der Waals surface area contributed by atoms with Gasteiger partial charge in [-0.3, -0.25) is 14.9 Å². The van der Waals surface area contributed by atoms with E-state index in [1.165, 1.54) is 0 Å². The highest BCUT2D eigenvalue weighted by molar-refractivity contribution is 5.97. The average molecular weight is 402 g/mol. The predicted molar refractivity (Wildman–Crippen MR) is 110 cm³/mol. The van der Waals surface area contributed by atoms with E-state index >= 15 is 0 Å². The Balaban J connectivity index is 1.69. The third kappa shape index (κ3) is 5.62. The van der Waals surface area contributed by atoms with Gasteiger partial charge in [0.25, 0.3) is 5.91 Å². The number of amides is 4. The molecule has 1 atom stereocenters. The van der Waals surface area contributed by atoms with Gasteiger partial charge in [0.05, 0.1) is 18.8 Å². The number of nitrogens with one attached hydrogen (secondary N) is 2. The minimum Gasteiger partial charge on any atom is -0.477 e. The number of carbonyl (C=O) groups is 3. The van der Waals surface area contributed by atoms with E-state index in [-0.39, 0.29) is 19.0 Å². The normalized spacial score (nSPS) is 19.1. The Morgan fingerprint density at radius 3 is 2.48 bits per heavy atom. The van der Waals surface area contributed by atoms with Crippen LogP contribution in [0, 0.1) is 0 Å². The fourth-order valence-corrected chi connectivity index (χ4v) is 3.61. The number of benzene rings is 1. The molecule has 0 aliphatic carbocycles. The van der Waals surface area contributed by atoms with Gasteiger partial charge in [0.1, 0.15) is 5.75 Å². The summed E-state index contributed by atoms with van der Waals surface area (Å²) >= 11 is 0. The zero-order chi connectivity index (χ0) is 21.0. The molecule has 1 aromatic rings. The van der Waals surface area contributed by atoms with E-state index in [9.17, 15) is 14.4 Å². The first-order valence-electron chi connectivity index (χ1n) is 10.1. The van der Waals surface area contributed by atoms with Crippen LogP contribution in [0.1, 0.15) is 40.0 Å². The molecule has 0 radical (unpaired) electrons. The van der Waals surface area contributed by atoms with Crippen molar-refractivity contribution >= 4 is 23.5 Å². The molecule has 2 N–H and O–H groups in total. The van der Waals surface area contributed by atoms with E-state index in [4.69, 9.17) is 4.74 Å². The Bertz CT molecular complexity index is 768. The van der Waals surface area contributed by atoms with Crippen molar-refractivity contribution in [1.29, 1.82) is 0 Å². The summed E-state index contributed by atoms with van der Waals surface area (Å²) in [5.74, 6) is 0.0868. The summed E-state index contributed by atoms with van der Waals surface area (Å²) in [6, 6.07) is 6.79. The Labute approximate surface area is 171 Å². The molecule has 2 aliphatic heterocycles. The molecular weight excluding hydrogens is 372 g/mol. The third-order valence-corrected chi connectivity index (χ3v) is 4.88. The van der Waals surface area contributed by atoms with Crippen molar-refractivity contribution < 1.29 is 19.1 Å². The number of hydrogen-bond donors (Lipinski definition) is 2. The number of likely N-dealkylation sites (tertiary alicyclic amines) is 1. The van der Waals surface area contributed by atoms with E-state index in [1.54, 1.807) is 11.0 Å². The average Bonchev–Trinajstić information content (AvgIpc) is 2.66. The molecule has 0 saturated carbocycles. The molecular formula is C21H30N4O4. The second kappa shape index (κ2) is 8.71. The second-order valence-electron chi connectivity index (χ2n) is 8.59. The van der Waals surface area contributed by atoms with Crippen LogP contribution in [-0.2, 0) is 9.59 Å². The van der Waals surface area contributed by atoms with Crippen molar-refractivity contribution in [3.05, 3.63) is 24.3 Å². The zero-order valence-electron chi connectivity index (χ0n) is 17.4. The minimum absolute atomic E-state index is 0.0400. The number of rotatable bonds is 3. The fraction of sp³-hybridized carbons (Fsp3) is 0.571. The smallest absolute Gasteiger partial charge is 0.321 e. The summed E-state index contributed by atoms with van der Waals surface area (Å²) in [5, 5.41) is 5.06. The van der Waals surface area contributed by atoms with Crippen molar-refractivity contribution in [3.8, 4) is 5.75 Å². The lowest BCUT2D eigenvalue weighted by atomic mass is 10.1. The zero-order valence-corrected chi connectivity index (χ0v) is 17.4. The Morgan fingerprint density at radius 2 is 1.79 bits per heavy atom. The van der Waals surface area contributed by atoms with E-state index in [2.05, 4.69) is 10.6 Å². The molecule has 2 aliphatic rings. The molecule has 29 heavy (non-hydrogen) atoms. The Morgan fingerprint density at radius 1 is 1.10 bits per heavy atom. The van der Waals surface area contributed by atoms with Gasteiger partial charge >= 0.3 is 6.03 Å². The largest absolute Gasteiger partial charge is 0.477 e. The number of piperidine rings is 1. The molecule has 8 heteroatoms. The first-order chi connectivity index (χ1) is 13.7. The quantitative estimate of drug-likeness (QED) is 0.806. The minimum atomic E-state index is -0.667. The van der Waals surface area contributed by atoms with Crippen LogP contribution in [-0.4, -0.2) is 60.6 Å². The van der Waals surface area contributed by atoms with Gasteiger partial charge in [0.15, 0.2) is 6.10 Å². The van der Waals surface area contributed by atoms with Crippen LogP contribution in [0.15, 0.2) is 24.3 Å². The molecule has 158 valence electrons. The molecule has 3 rings (SSSR count). The number of anilines is 1. The first kappa shape index (κ1) is 21.0. The van der Waals surface area contributed by atoms with Crippen LogP contribution in [0.5, 0.6) is 5.75 Å². The molecule has 0 aromatic heterocycles. The maximum absolute atomic E-state index is 12.9. The van der Waals surface area contributed by atoms with Crippen molar-refractivity contribution in [3.63, 3.8) is 0 Å². The van der Waals surface area contributed by atoms with Gasteiger partial charge in [-0.1, -0.05) is 12.1 Å². The lowest BCUT2D eigenvalue weighted by Gasteiger charge is -2.38. The van der Waals surface area contributed by atoms with Gasteiger partial charge in [-0.05, 0) is 52.2 Å². The van der Waals surface area contributed by atoms with Gasteiger partial charge < -0.3 is 19.9 Å². The fourth-order valence-electron chi connectivity index (χ4n) is 3.61. The van der Waals surface area contributed by atoms with Gasteiger partial charge in [0, 0.05) is 18.6 Å².